The van der Waals surface area contributed by atoms with E-state index in [0.29, 0.717) is 18.5 Å². The van der Waals surface area contributed by atoms with Crippen LogP contribution in [0.5, 0.6) is 0 Å². The number of methoxy groups -OCH3 is 1. The molecule has 2 rings (SSSR count). The van der Waals surface area contributed by atoms with Crippen molar-refractivity contribution in [3.05, 3.63) is 52.3 Å². The van der Waals surface area contributed by atoms with E-state index in [4.69, 9.17) is 5.11 Å². The Labute approximate surface area is 124 Å². The number of carbonyl (C=O) groups excluding carboxylic acids is 1. The first-order valence-electron chi connectivity index (χ1n) is 6.87. The summed E-state index contributed by atoms with van der Waals surface area (Å²) >= 11 is 0. The van der Waals surface area contributed by atoms with Gasteiger partial charge in [-0.05, 0) is 43.5 Å². The Morgan fingerprint density at radius 1 is 1.29 bits per heavy atom. The van der Waals surface area contributed by atoms with Gasteiger partial charge in [0.2, 0.25) is 0 Å². The maximum Gasteiger partial charge on any atom is 0.337 e. The molecule has 5 nitrogen and oxygen atoms in total. The molecule has 2 aromatic rings. The molecular formula is C16H20N2O3. The standard InChI is InChI=1S/C16H20N2O3/c1-11-15(8-9-19)12(2)18(17-11)10-13-4-6-14(7-5-13)16(20)21-3/h4-7,19H,8-10H2,1-3H3. The number of aromatic nitrogens is 2. The SMILES string of the molecule is COC(=O)c1ccc(Cn2nc(C)c(CCO)c2C)cc1. The van der Waals surface area contributed by atoms with Gasteiger partial charge in [0.25, 0.3) is 0 Å². The number of benzene rings is 1. The van der Waals surface area contributed by atoms with E-state index < -0.39 is 0 Å². The number of aliphatic hydroxyl groups excluding tert-OH is 1. The predicted octanol–water partition coefficient (Wildman–Crippen LogP) is 1.87. The lowest BCUT2D eigenvalue weighted by Crippen LogP contribution is -2.06. The Kier molecular flexibility index (Phi) is 4.75. The molecule has 0 saturated carbocycles. The third kappa shape index (κ3) is 3.31. The summed E-state index contributed by atoms with van der Waals surface area (Å²) in [5.74, 6) is -0.335. The van der Waals surface area contributed by atoms with Gasteiger partial charge >= 0.3 is 5.97 Å². The van der Waals surface area contributed by atoms with Crippen molar-refractivity contribution in [2.75, 3.05) is 13.7 Å². The molecule has 0 unspecified atom stereocenters. The first kappa shape index (κ1) is 15.3. The minimum atomic E-state index is -0.335. The summed E-state index contributed by atoms with van der Waals surface area (Å²) < 4.78 is 6.60. The van der Waals surface area contributed by atoms with E-state index >= 15 is 0 Å². The third-order valence-electron chi connectivity index (χ3n) is 3.60. The third-order valence-corrected chi connectivity index (χ3v) is 3.60. The molecule has 0 spiro atoms. The largest absolute Gasteiger partial charge is 0.465 e. The Morgan fingerprint density at radius 3 is 2.52 bits per heavy atom. The maximum atomic E-state index is 11.4. The molecule has 0 bridgehead atoms. The number of nitrogens with zero attached hydrogens (tertiary/aromatic N) is 2. The van der Waals surface area contributed by atoms with Crippen LogP contribution in [0.15, 0.2) is 24.3 Å². The summed E-state index contributed by atoms with van der Waals surface area (Å²) in [6.07, 6.45) is 0.624. The molecule has 0 radical (unpaired) electrons. The fourth-order valence-electron chi connectivity index (χ4n) is 2.40. The van der Waals surface area contributed by atoms with E-state index in [-0.39, 0.29) is 12.6 Å². The number of ether oxygens (including phenoxy) is 1. The average molecular weight is 288 g/mol. The lowest BCUT2D eigenvalue weighted by Gasteiger charge is -2.06. The van der Waals surface area contributed by atoms with Crippen LogP contribution in [-0.2, 0) is 17.7 Å². The summed E-state index contributed by atoms with van der Waals surface area (Å²) in [4.78, 5) is 11.4. The van der Waals surface area contributed by atoms with Gasteiger partial charge in [-0.15, -0.1) is 0 Å². The molecule has 0 aliphatic rings. The van der Waals surface area contributed by atoms with E-state index in [2.05, 4.69) is 9.84 Å². The lowest BCUT2D eigenvalue weighted by atomic mass is 10.1. The van der Waals surface area contributed by atoms with Crippen LogP contribution in [0.25, 0.3) is 0 Å². The van der Waals surface area contributed by atoms with Crippen molar-refractivity contribution >= 4 is 5.97 Å². The van der Waals surface area contributed by atoms with E-state index in [1.54, 1.807) is 12.1 Å². The summed E-state index contributed by atoms with van der Waals surface area (Å²) in [5, 5.41) is 13.6. The molecule has 0 saturated heterocycles. The van der Waals surface area contributed by atoms with Crippen LogP contribution < -0.4 is 0 Å². The molecule has 112 valence electrons. The van der Waals surface area contributed by atoms with Gasteiger partial charge in [0.1, 0.15) is 0 Å². The first-order valence-corrected chi connectivity index (χ1v) is 6.87. The molecule has 0 amide bonds. The molecule has 0 atom stereocenters. The van der Waals surface area contributed by atoms with E-state index in [0.717, 1.165) is 22.5 Å². The second-order valence-electron chi connectivity index (χ2n) is 4.97. The number of carbonyl (C=O) groups is 1. The minimum absolute atomic E-state index is 0.126. The zero-order valence-corrected chi connectivity index (χ0v) is 12.6. The van der Waals surface area contributed by atoms with Gasteiger partial charge in [-0.2, -0.15) is 5.10 Å². The monoisotopic (exact) mass is 288 g/mol. The molecule has 1 aromatic heterocycles. The van der Waals surface area contributed by atoms with Crippen molar-refractivity contribution in [1.29, 1.82) is 0 Å². The molecule has 0 fully saturated rings. The van der Waals surface area contributed by atoms with Crippen LogP contribution in [0, 0.1) is 13.8 Å². The van der Waals surface area contributed by atoms with Gasteiger partial charge in [-0.1, -0.05) is 12.1 Å². The molecule has 1 aromatic carbocycles. The second-order valence-corrected chi connectivity index (χ2v) is 4.97. The van der Waals surface area contributed by atoms with E-state index in [1.807, 2.05) is 30.7 Å². The van der Waals surface area contributed by atoms with Gasteiger partial charge in [-0.3, -0.25) is 4.68 Å². The smallest absolute Gasteiger partial charge is 0.337 e. The Bertz CT molecular complexity index is 630. The average Bonchev–Trinajstić information content (AvgIpc) is 2.75. The number of aliphatic hydroxyl groups is 1. The Morgan fingerprint density at radius 2 is 1.95 bits per heavy atom. The molecule has 1 heterocycles. The van der Waals surface area contributed by atoms with Crippen LogP contribution in [0.1, 0.15) is 32.9 Å². The number of hydrogen-bond donors (Lipinski definition) is 1. The van der Waals surface area contributed by atoms with Crippen LogP contribution in [0.4, 0.5) is 0 Å². The van der Waals surface area contributed by atoms with E-state index in [1.165, 1.54) is 7.11 Å². The van der Waals surface area contributed by atoms with Crippen LogP contribution >= 0.6 is 0 Å². The molecule has 0 aliphatic heterocycles. The van der Waals surface area contributed by atoms with Crippen LogP contribution in [0.3, 0.4) is 0 Å². The van der Waals surface area contributed by atoms with Crippen molar-refractivity contribution in [2.24, 2.45) is 0 Å². The predicted molar refractivity (Wildman–Crippen MR) is 79.4 cm³/mol. The zero-order valence-electron chi connectivity index (χ0n) is 12.6. The van der Waals surface area contributed by atoms with Gasteiger partial charge in [0.05, 0.1) is 24.9 Å². The van der Waals surface area contributed by atoms with Crippen molar-refractivity contribution in [2.45, 2.75) is 26.8 Å². The highest BCUT2D eigenvalue weighted by Gasteiger charge is 2.11. The number of esters is 1. The summed E-state index contributed by atoms with van der Waals surface area (Å²) in [7, 11) is 1.37. The van der Waals surface area contributed by atoms with Gasteiger partial charge in [-0.25, -0.2) is 4.79 Å². The Hall–Kier alpha value is -2.14. The minimum Gasteiger partial charge on any atom is -0.465 e. The van der Waals surface area contributed by atoms with Crippen molar-refractivity contribution < 1.29 is 14.6 Å². The molecule has 0 aliphatic carbocycles. The number of rotatable bonds is 5. The summed E-state index contributed by atoms with van der Waals surface area (Å²) in [6, 6.07) is 7.30. The highest BCUT2D eigenvalue weighted by Crippen LogP contribution is 2.15. The fourth-order valence-corrected chi connectivity index (χ4v) is 2.40. The molecule has 21 heavy (non-hydrogen) atoms. The van der Waals surface area contributed by atoms with Crippen LogP contribution in [0.2, 0.25) is 0 Å². The number of hydrogen-bond acceptors (Lipinski definition) is 4. The topological polar surface area (TPSA) is 64.4 Å². The fraction of sp³-hybridized carbons (Fsp3) is 0.375. The quantitative estimate of drug-likeness (QED) is 0.853. The molecular weight excluding hydrogens is 268 g/mol. The molecule has 1 N–H and O–H groups in total. The Balaban J connectivity index is 2.18. The maximum absolute atomic E-state index is 11.4. The normalized spacial score (nSPS) is 10.7. The summed E-state index contributed by atoms with van der Waals surface area (Å²) in [5.41, 5.74) is 4.72. The lowest BCUT2D eigenvalue weighted by molar-refractivity contribution is 0.0600. The zero-order chi connectivity index (χ0) is 15.4. The van der Waals surface area contributed by atoms with Gasteiger partial charge < -0.3 is 9.84 Å². The first-order chi connectivity index (χ1) is 10.1. The highest BCUT2D eigenvalue weighted by atomic mass is 16.5. The second kappa shape index (κ2) is 6.54. The molecule has 5 heteroatoms. The van der Waals surface area contributed by atoms with Crippen molar-refractivity contribution in [3.8, 4) is 0 Å². The summed E-state index contributed by atoms with van der Waals surface area (Å²) in [6.45, 7) is 4.73. The number of aryl methyl sites for hydroxylation is 1. The van der Waals surface area contributed by atoms with Gasteiger partial charge in [0, 0.05) is 12.3 Å². The van der Waals surface area contributed by atoms with Crippen molar-refractivity contribution in [3.63, 3.8) is 0 Å². The van der Waals surface area contributed by atoms with Crippen LogP contribution in [-0.4, -0.2) is 34.6 Å². The van der Waals surface area contributed by atoms with Gasteiger partial charge in [0.15, 0.2) is 0 Å². The van der Waals surface area contributed by atoms with E-state index in [9.17, 15) is 4.79 Å². The van der Waals surface area contributed by atoms with Crippen molar-refractivity contribution in [1.82, 2.24) is 9.78 Å². The highest BCUT2D eigenvalue weighted by molar-refractivity contribution is 5.89.